The highest BCUT2D eigenvalue weighted by Gasteiger charge is 2.30. The van der Waals surface area contributed by atoms with E-state index < -0.39 is 0 Å². The zero-order chi connectivity index (χ0) is 14.7. The molecular weight excluding hydrogens is 274 g/mol. The Morgan fingerprint density at radius 1 is 1.48 bits per heavy atom. The summed E-state index contributed by atoms with van der Waals surface area (Å²) in [6.07, 6.45) is 4.42. The molecule has 3 rings (SSSR count). The highest BCUT2D eigenvalue weighted by Crippen LogP contribution is 2.22. The molecule has 1 fully saturated rings. The van der Waals surface area contributed by atoms with Crippen LogP contribution in [0.2, 0.25) is 0 Å². The number of likely N-dealkylation sites (tertiary alicyclic amines) is 1. The Bertz CT molecular complexity index is 593. The Hall–Kier alpha value is -2.15. The van der Waals surface area contributed by atoms with Gasteiger partial charge in [0.2, 0.25) is 5.89 Å². The van der Waals surface area contributed by atoms with Crippen LogP contribution in [0.5, 0.6) is 0 Å². The molecule has 0 bridgehead atoms. The fraction of sp³-hybridized carbons (Fsp3) is 0.500. The normalized spacial score (nSPS) is 19.6. The molecular formula is C14H17N3O4. The Morgan fingerprint density at radius 2 is 2.38 bits per heavy atom. The van der Waals surface area contributed by atoms with Crippen molar-refractivity contribution in [1.29, 1.82) is 0 Å². The van der Waals surface area contributed by atoms with Crippen LogP contribution in [0.25, 0.3) is 11.7 Å². The zero-order valence-corrected chi connectivity index (χ0v) is 11.8. The molecule has 0 amide bonds. The molecule has 3 heterocycles. The van der Waals surface area contributed by atoms with Crippen molar-refractivity contribution in [2.24, 2.45) is 0 Å². The predicted octanol–water partition coefficient (Wildman–Crippen LogP) is 1.86. The van der Waals surface area contributed by atoms with E-state index >= 15 is 0 Å². The van der Waals surface area contributed by atoms with Crippen LogP contribution in [0, 0.1) is 0 Å². The summed E-state index contributed by atoms with van der Waals surface area (Å²) in [5.41, 5.74) is 0. The molecule has 0 saturated carbocycles. The van der Waals surface area contributed by atoms with Crippen molar-refractivity contribution in [3.63, 3.8) is 0 Å². The number of rotatable bonds is 4. The number of hydrogen-bond acceptors (Lipinski definition) is 7. The average Bonchev–Trinajstić information content (AvgIpc) is 3.18. The maximum Gasteiger partial charge on any atom is 0.323 e. The van der Waals surface area contributed by atoms with Gasteiger partial charge in [-0.3, -0.25) is 9.69 Å². The van der Waals surface area contributed by atoms with Gasteiger partial charge < -0.3 is 13.6 Å². The largest absolute Gasteiger partial charge is 0.468 e. The molecule has 0 N–H and O–H groups in total. The molecule has 0 radical (unpaired) electrons. The van der Waals surface area contributed by atoms with Crippen molar-refractivity contribution in [3.8, 4) is 11.7 Å². The third-order valence-electron chi connectivity index (χ3n) is 3.62. The summed E-state index contributed by atoms with van der Waals surface area (Å²) in [4.78, 5) is 13.8. The molecule has 112 valence electrons. The summed E-state index contributed by atoms with van der Waals surface area (Å²) >= 11 is 0. The lowest BCUT2D eigenvalue weighted by molar-refractivity contribution is -0.148. The summed E-state index contributed by atoms with van der Waals surface area (Å²) in [7, 11) is 1.41. The first-order valence-electron chi connectivity index (χ1n) is 6.96. The highest BCUT2D eigenvalue weighted by molar-refractivity contribution is 5.75. The molecule has 7 nitrogen and oxygen atoms in total. The Balaban J connectivity index is 1.71. The topological polar surface area (TPSA) is 81.6 Å². The number of nitrogens with zero attached hydrogens (tertiary/aromatic N) is 3. The minimum Gasteiger partial charge on any atom is -0.468 e. The number of carbonyl (C=O) groups excluding carboxylic acids is 1. The van der Waals surface area contributed by atoms with Gasteiger partial charge in [0, 0.05) is 0 Å². The fourth-order valence-electron chi connectivity index (χ4n) is 2.57. The summed E-state index contributed by atoms with van der Waals surface area (Å²) in [6, 6.07) is 3.29. The first-order chi connectivity index (χ1) is 10.3. The lowest BCUT2D eigenvalue weighted by Crippen LogP contribution is -2.44. The van der Waals surface area contributed by atoms with Crippen molar-refractivity contribution in [3.05, 3.63) is 24.3 Å². The quantitative estimate of drug-likeness (QED) is 0.795. The monoisotopic (exact) mass is 291 g/mol. The summed E-state index contributed by atoms with van der Waals surface area (Å²) in [6.45, 7) is 1.26. The Morgan fingerprint density at radius 3 is 3.14 bits per heavy atom. The van der Waals surface area contributed by atoms with Gasteiger partial charge in [0.15, 0.2) is 5.76 Å². The number of furan rings is 1. The van der Waals surface area contributed by atoms with E-state index in [0.717, 1.165) is 25.8 Å². The molecule has 7 heteroatoms. The number of ether oxygens (including phenoxy) is 1. The SMILES string of the molecule is COC(=O)[C@H]1CCCCN1Cc1nnc(-c2ccco2)o1. The first kappa shape index (κ1) is 13.8. The van der Waals surface area contributed by atoms with Crippen molar-refractivity contribution in [2.75, 3.05) is 13.7 Å². The van der Waals surface area contributed by atoms with Gasteiger partial charge in [-0.25, -0.2) is 0 Å². The van der Waals surface area contributed by atoms with Gasteiger partial charge in [-0.15, -0.1) is 10.2 Å². The van der Waals surface area contributed by atoms with Gasteiger partial charge in [0.25, 0.3) is 5.89 Å². The first-order valence-corrected chi connectivity index (χ1v) is 6.96. The van der Waals surface area contributed by atoms with Crippen LogP contribution in [0.15, 0.2) is 27.2 Å². The Labute approximate surface area is 121 Å². The molecule has 2 aromatic heterocycles. The number of esters is 1. The summed E-state index contributed by atoms with van der Waals surface area (Å²) < 4.78 is 15.7. The molecule has 1 saturated heterocycles. The van der Waals surface area contributed by atoms with Gasteiger partial charge in [0.1, 0.15) is 6.04 Å². The second-order valence-electron chi connectivity index (χ2n) is 4.98. The van der Waals surface area contributed by atoms with Gasteiger partial charge in [-0.1, -0.05) is 6.42 Å². The third-order valence-corrected chi connectivity index (χ3v) is 3.62. The van der Waals surface area contributed by atoms with E-state index in [2.05, 4.69) is 10.2 Å². The zero-order valence-electron chi connectivity index (χ0n) is 11.8. The maximum atomic E-state index is 11.8. The van der Waals surface area contributed by atoms with E-state index in [-0.39, 0.29) is 12.0 Å². The highest BCUT2D eigenvalue weighted by atomic mass is 16.5. The molecule has 21 heavy (non-hydrogen) atoms. The van der Waals surface area contributed by atoms with E-state index in [9.17, 15) is 4.79 Å². The predicted molar refractivity (Wildman–Crippen MR) is 72.1 cm³/mol. The van der Waals surface area contributed by atoms with E-state index in [1.165, 1.54) is 7.11 Å². The molecule has 2 aromatic rings. The molecule has 1 atom stereocenters. The van der Waals surface area contributed by atoms with Crippen LogP contribution in [-0.2, 0) is 16.1 Å². The number of aromatic nitrogens is 2. The third kappa shape index (κ3) is 2.97. The average molecular weight is 291 g/mol. The van der Waals surface area contributed by atoms with Gasteiger partial charge in [-0.05, 0) is 31.5 Å². The van der Waals surface area contributed by atoms with Gasteiger partial charge >= 0.3 is 5.97 Å². The smallest absolute Gasteiger partial charge is 0.323 e. The number of piperidine rings is 1. The van der Waals surface area contributed by atoms with Gasteiger partial charge in [0.05, 0.1) is 19.9 Å². The van der Waals surface area contributed by atoms with Crippen LogP contribution < -0.4 is 0 Å². The molecule has 0 aromatic carbocycles. The van der Waals surface area contributed by atoms with Crippen molar-refractivity contribution in [1.82, 2.24) is 15.1 Å². The van der Waals surface area contributed by atoms with Crippen LogP contribution in [-0.4, -0.2) is 40.8 Å². The molecule has 0 aliphatic carbocycles. The van der Waals surface area contributed by atoms with Crippen molar-refractivity contribution < 1.29 is 18.4 Å². The van der Waals surface area contributed by atoms with Crippen LogP contribution in [0.4, 0.5) is 0 Å². The molecule has 0 unspecified atom stereocenters. The summed E-state index contributed by atoms with van der Waals surface area (Å²) in [5, 5.41) is 7.98. The van der Waals surface area contributed by atoms with E-state index in [1.807, 2.05) is 4.90 Å². The minimum atomic E-state index is -0.234. The second-order valence-corrected chi connectivity index (χ2v) is 4.98. The number of carbonyl (C=O) groups is 1. The van der Waals surface area contributed by atoms with Crippen LogP contribution >= 0.6 is 0 Å². The number of hydrogen-bond donors (Lipinski definition) is 0. The maximum absolute atomic E-state index is 11.8. The minimum absolute atomic E-state index is 0.208. The van der Waals surface area contributed by atoms with E-state index in [4.69, 9.17) is 13.6 Å². The lowest BCUT2D eigenvalue weighted by Gasteiger charge is -2.32. The van der Waals surface area contributed by atoms with Gasteiger partial charge in [-0.2, -0.15) is 0 Å². The summed E-state index contributed by atoms with van der Waals surface area (Å²) in [5.74, 6) is 1.15. The van der Waals surface area contributed by atoms with Crippen LogP contribution in [0.1, 0.15) is 25.2 Å². The second kappa shape index (κ2) is 6.09. The van der Waals surface area contributed by atoms with Crippen molar-refractivity contribution >= 4 is 5.97 Å². The molecule has 0 spiro atoms. The van der Waals surface area contributed by atoms with E-state index in [1.54, 1.807) is 18.4 Å². The van der Waals surface area contributed by atoms with E-state index in [0.29, 0.717) is 24.1 Å². The van der Waals surface area contributed by atoms with Crippen molar-refractivity contribution in [2.45, 2.75) is 31.8 Å². The standard InChI is InChI=1S/C14H17N3O4/c1-19-14(18)10-5-2-3-7-17(10)9-12-15-16-13(21-12)11-6-4-8-20-11/h4,6,8,10H,2-3,5,7,9H2,1H3/t10-/m1/s1. The molecule has 1 aliphatic rings. The lowest BCUT2D eigenvalue weighted by atomic mass is 10.0. The Kier molecular flexibility index (Phi) is 4.01. The number of methoxy groups -OCH3 is 1. The van der Waals surface area contributed by atoms with Crippen LogP contribution in [0.3, 0.4) is 0 Å². The molecule has 1 aliphatic heterocycles. The fourth-order valence-corrected chi connectivity index (χ4v) is 2.57.